The molecule has 0 aromatic heterocycles. The van der Waals surface area contributed by atoms with Crippen LogP contribution in [0.3, 0.4) is 0 Å². The van der Waals surface area contributed by atoms with Crippen molar-refractivity contribution in [1.82, 2.24) is 5.32 Å². The maximum absolute atomic E-state index is 11.6. The second-order valence-electron chi connectivity index (χ2n) is 5.42. The number of esters is 1. The van der Waals surface area contributed by atoms with E-state index in [2.05, 4.69) is 5.32 Å². The van der Waals surface area contributed by atoms with Crippen LogP contribution in [0, 0.1) is 5.92 Å². The summed E-state index contributed by atoms with van der Waals surface area (Å²) in [6, 6.07) is -0.120. The molecule has 0 bridgehead atoms. The van der Waals surface area contributed by atoms with Gasteiger partial charge in [-0.3, -0.25) is 4.79 Å². The molecule has 0 amide bonds. The molecular weight excluding hydrogens is 230 g/mol. The van der Waals surface area contributed by atoms with Gasteiger partial charge in [-0.15, -0.1) is 0 Å². The van der Waals surface area contributed by atoms with E-state index in [9.17, 15) is 4.79 Å². The van der Waals surface area contributed by atoms with Crippen LogP contribution in [-0.2, 0) is 14.3 Å². The summed E-state index contributed by atoms with van der Waals surface area (Å²) in [5, 5.41) is 3.27. The van der Waals surface area contributed by atoms with Crippen LogP contribution in [0.5, 0.6) is 0 Å². The maximum Gasteiger partial charge on any atom is 0.323 e. The van der Waals surface area contributed by atoms with Gasteiger partial charge >= 0.3 is 5.97 Å². The van der Waals surface area contributed by atoms with Gasteiger partial charge in [-0.25, -0.2) is 0 Å². The lowest BCUT2D eigenvalue weighted by atomic mass is 9.98. The van der Waals surface area contributed by atoms with Crippen LogP contribution in [0.1, 0.15) is 44.9 Å². The van der Waals surface area contributed by atoms with Crippen LogP contribution in [0.15, 0.2) is 0 Å². The third-order valence-electron chi connectivity index (χ3n) is 3.92. The summed E-state index contributed by atoms with van der Waals surface area (Å²) in [6.07, 6.45) is 9.05. The molecule has 0 heterocycles. The summed E-state index contributed by atoms with van der Waals surface area (Å²) in [4.78, 5) is 11.6. The van der Waals surface area contributed by atoms with Crippen molar-refractivity contribution in [1.29, 1.82) is 0 Å². The first kappa shape index (κ1) is 13.8. The van der Waals surface area contributed by atoms with Crippen molar-refractivity contribution >= 4 is 5.97 Å². The number of hydrogen-bond acceptors (Lipinski definition) is 4. The van der Waals surface area contributed by atoms with Gasteiger partial charge in [0.25, 0.3) is 0 Å². The van der Waals surface area contributed by atoms with Crippen LogP contribution in [0.2, 0.25) is 0 Å². The lowest BCUT2D eigenvalue weighted by molar-refractivity contribution is -0.143. The van der Waals surface area contributed by atoms with Gasteiger partial charge in [0.15, 0.2) is 0 Å². The molecule has 4 heteroatoms. The van der Waals surface area contributed by atoms with E-state index in [1.165, 1.54) is 39.2 Å². The standard InChI is InChI=1S/C14H25NO3/c1-17-14(16)13(11-7-8-11)15-9-10-18-12-5-3-2-4-6-12/h11-13,15H,2-10H2,1H3. The van der Waals surface area contributed by atoms with Crippen molar-refractivity contribution < 1.29 is 14.3 Å². The van der Waals surface area contributed by atoms with Crippen molar-refractivity contribution in [3.05, 3.63) is 0 Å². The summed E-state index contributed by atoms with van der Waals surface area (Å²) in [6.45, 7) is 1.44. The quantitative estimate of drug-likeness (QED) is 0.557. The molecule has 1 atom stereocenters. The lowest BCUT2D eigenvalue weighted by Crippen LogP contribution is -2.41. The number of carbonyl (C=O) groups excluding carboxylic acids is 1. The van der Waals surface area contributed by atoms with Gasteiger partial charge in [0.2, 0.25) is 0 Å². The Hall–Kier alpha value is -0.610. The average Bonchev–Trinajstić information content (AvgIpc) is 3.23. The van der Waals surface area contributed by atoms with Crippen LogP contribution in [0.25, 0.3) is 0 Å². The van der Waals surface area contributed by atoms with E-state index in [0.29, 0.717) is 18.6 Å². The first-order valence-corrected chi connectivity index (χ1v) is 7.24. The van der Waals surface area contributed by atoms with Crippen molar-refractivity contribution in [2.75, 3.05) is 20.3 Å². The smallest absolute Gasteiger partial charge is 0.323 e. The van der Waals surface area contributed by atoms with Gasteiger partial charge < -0.3 is 14.8 Å². The normalized spacial score (nSPS) is 22.7. The number of hydrogen-bond donors (Lipinski definition) is 1. The molecule has 4 nitrogen and oxygen atoms in total. The van der Waals surface area contributed by atoms with E-state index in [0.717, 1.165) is 19.4 Å². The predicted octanol–water partition coefficient (Wildman–Crippen LogP) is 1.88. The van der Waals surface area contributed by atoms with Crippen molar-refractivity contribution in [3.63, 3.8) is 0 Å². The first-order chi connectivity index (χ1) is 8.81. The molecule has 1 unspecified atom stereocenters. The molecule has 0 spiro atoms. The highest BCUT2D eigenvalue weighted by atomic mass is 16.5. The average molecular weight is 255 g/mol. The van der Waals surface area contributed by atoms with Crippen molar-refractivity contribution in [2.24, 2.45) is 5.92 Å². The molecule has 2 fully saturated rings. The summed E-state index contributed by atoms with van der Waals surface area (Å²) in [5.74, 6) is 0.349. The molecule has 0 saturated heterocycles. The number of carbonyl (C=O) groups is 1. The third-order valence-corrected chi connectivity index (χ3v) is 3.92. The molecule has 104 valence electrons. The molecule has 2 aliphatic rings. The topological polar surface area (TPSA) is 47.6 Å². The fourth-order valence-corrected chi connectivity index (χ4v) is 2.67. The highest BCUT2D eigenvalue weighted by Gasteiger charge is 2.36. The Kier molecular flexibility index (Phi) is 5.45. The largest absolute Gasteiger partial charge is 0.468 e. The Balaban J connectivity index is 1.59. The Morgan fingerprint density at radius 3 is 2.56 bits per heavy atom. The molecule has 2 rings (SSSR count). The Morgan fingerprint density at radius 1 is 1.22 bits per heavy atom. The SMILES string of the molecule is COC(=O)C(NCCOC1CCCCC1)C1CC1. The molecule has 0 aromatic carbocycles. The zero-order valence-corrected chi connectivity index (χ0v) is 11.3. The Bertz CT molecular complexity index is 260. The van der Waals surface area contributed by atoms with E-state index < -0.39 is 0 Å². The number of rotatable bonds is 7. The van der Waals surface area contributed by atoms with Crippen LogP contribution in [0.4, 0.5) is 0 Å². The highest BCUT2D eigenvalue weighted by Crippen LogP contribution is 2.33. The van der Waals surface area contributed by atoms with Gasteiger partial charge in [-0.2, -0.15) is 0 Å². The number of ether oxygens (including phenoxy) is 2. The molecule has 2 aliphatic carbocycles. The van der Waals surface area contributed by atoms with E-state index in [1.54, 1.807) is 0 Å². The van der Waals surface area contributed by atoms with Crippen molar-refractivity contribution in [3.8, 4) is 0 Å². The second-order valence-corrected chi connectivity index (χ2v) is 5.42. The van der Waals surface area contributed by atoms with Crippen LogP contribution >= 0.6 is 0 Å². The fourth-order valence-electron chi connectivity index (χ4n) is 2.67. The van der Waals surface area contributed by atoms with Gasteiger partial charge in [0.1, 0.15) is 6.04 Å². The van der Waals surface area contributed by atoms with E-state index in [1.807, 2.05) is 0 Å². The molecule has 2 saturated carbocycles. The lowest BCUT2D eigenvalue weighted by Gasteiger charge is -2.22. The summed E-state index contributed by atoms with van der Waals surface area (Å²) >= 11 is 0. The second kappa shape index (κ2) is 7.10. The third kappa shape index (κ3) is 4.25. The van der Waals surface area contributed by atoms with Gasteiger partial charge in [-0.05, 0) is 31.6 Å². The first-order valence-electron chi connectivity index (χ1n) is 7.24. The molecule has 0 aromatic rings. The summed E-state index contributed by atoms with van der Waals surface area (Å²) in [7, 11) is 1.46. The zero-order chi connectivity index (χ0) is 12.8. The minimum atomic E-state index is -0.129. The molecule has 18 heavy (non-hydrogen) atoms. The summed E-state index contributed by atoms with van der Waals surface area (Å²) < 4.78 is 10.7. The monoisotopic (exact) mass is 255 g/mol. The van der Waals surface area contributed by atoms with E-state index in [4.69, 9.17) is 9.47 Å². The van der Waals surface area contributed by atoms with Gasteiger partial charge in [-0.1, -0.05) is 19.3 Å². The van der Waals surface area contributed by atoms with Gasteiger partial charge in [0.05, 0.1) is 19.8 Å². The maximum atomic E-state index is 11.6. The highest BCUT2D eigenvalue weighted by molar-refractivity contribution is 5.76. The number of methoxy groups -OCH3 is 1. The summed E-state index contributed by atoms with van der Waals surface area (Å²) in [5.41, 5.74) is 0. The minimum Gasteiger partial charge on any atom is -0.468 e. The molecule has 1 N–H and O–H groups in total. The molecule has 0 aliphatic heterocycles. The van der Waals surface area contributed by atoms with Gasteiger partial charge in [0, 0.05) is 6.54 Å². The predicted molar refractivity (Wildman–Crippen MR) is 69.4 cm³/mol. The van der Waals surface area contributed by atoms with Crippen LogP contribution < -0.4 is 5.32 Å². The number of nitrogens with one attached hydrogen (secondary N) is 1. The van der Waals surface area contributed by atoms with Crippen LogP contribution in [-0.4, -0.2) is 38.4 Å². The molecule has 0 radical (unpaired) electrons. The van der Waals surface area contributed by atoms with E-state index >= 15 is 0 Å². The Labute approximate surface area is 109 Å². The Morgan fingerprint density at radius 2 is 1.94 bits per heavy atom. The zero-order valence-electron chi connectivity index (χ0n) is 11.3. The minimum absolute atomic E-state index is 0.120. The fraction of sp³-hybridized carbons (Fsp3) is 0.929. The van der Waals surface area contributed by atoms with Crippen molar-refractivity contribution in [2.45, 2.75) is 57.1 Å². The molecular formula is C14H25NO3. The van der Waals surface area contributed by atoms with E-state index in [-0.39, 0.29) is 12.0 Å².